The van der Waals surface area contributed by atoms with Crippen molar-refractivity contribution in [3.05, 3.63) is 23.7 Å². The molecule has 1 N–H and O–H groups in total. The van der Waals surface area contributed by atoms with Gasteiger partial charge in [0.05, 0.1) is 10.8 Å². The van der Waals surface area contributed by atoms with Gasteiger partial charge in [-0.3, -0.25) is 4.79 Å². The van der Waals surface area contributed by atoms with Gasteiger partial charge < -0.3 is 14.4 Å². The number of carbonyl (C=O) groups is 2. The maximum Gasteiger partial charge on any atom is 0.338 e. The lowest BCUT2D eigenvalue weighted by Gasteiger charge is -2.36. The van der Waals surface area contributed by atoms with Crippen LogP contribution in [0, 0.1) is 0 Å². The molecule has 2 atom stereocenters. The first-order valence-corrected chi connectivity index (χ1v) is 8.95. The molecule has 122 valence electrons. The van der Waals surface area contributed by atoms with Crippen molar-refractivity contribution in [2.75, 3.05) is 13.3 Å². The fourth-order valence-corrected chi connectivity index (χ4v) is 4.39. The molecule has 1 aromatic heterocycles. The van der Waals surface area contributed by atoms with Crippen molar-refractivity contribution in [2.24, 2.45) is 0 Å². The molecule has 7 nitrogen and oxygen atoms in total. The Morgan fingerprint density at radius 1 is 1.32 bits per heavy atom. The molecule has 1 aliphatic carbocycles. The largest absolute Gasteiger partial charge is 0.478 e. The van der Waals surface area contributed by atoms with Crippen LogP contribution >= 0.6 is 0 Å². The highest BCUT2D eigenvalue weighted by Gasteiger charge is 2.37. The zero-order valence-electron chi connectivity index (χ0n) is 12.5. The van der Waals surface area contributed by atoms with Crippen molar-refractivity contribution in [3.63, 3.8) is 0 Å². The van der Waals surface area contributed by atoms with Crippen LogP contribution in [0.15, 0.2) is 16.7 Å². The quantitative estimate of drug-likeness (QED) is 0.895. The van der Waals surface area contributed by atoms with Gasteiger partial charge in [0.1, 0.15) is 6.26 Å². The minimum Gasteiger partial charge on any atom is -0.478 e. The zero-order valence-corrected chi connectivity index (χ0v) is 13.3. The van der Waals surface area contributed by atoms with Crippen LogP contribution in [0.25, 0.3) is 0 Å². The lowest BCUT2D eigenvalue weighted by molar-refractivity contribution is 0.0665. The monoisotopic (exact) mass is 329 g/mol. The first kappa shape index (κ1) is 16.5. The molecule has 0 saturated heterocycles. The molecule has 0 aliphatic heterocycles. The molecular weight excluding hydrogens is 310 g/mol. The summed E-state index contributed by atoms with van der Waals surface area (Å²) in [5.74, 6) is -1.79. The van der Waals surface area contributed by atoms with Crippen molar-refractivity contribution < 1.29 is 27.5 Å². The molecule has 1 aromatic rings. The second kappa shape index (κ2) is 6.12. The number of hydrogen-bond donors (Lipinski definition) is 1. The van der Waals surface area contributed by atoms with Crippen LogP contribution < -0.4 is 0 Å². The van der Waals surface area contributed by atoms with Crippen molar-refractivity contribution in [1.29, 1.82) is 0 Å². The van der Waals surface area contributed by atoms with Crippen LogP contribution in [0.4, 0.5) is 0 Å². The molecule has 8 heteroatoms. The molecule has 0 bridgehead atoms. The highest BCUT2D eigenvalue weighted by molar-refractivity contribution is 7.91. The Hall–Kier alpha value is -1.83. The topological polar surface area (TPSA) is 105 Å². The van der Waals surface area contributed by atoms with Crippen LogP contribution in [0.3, 0.4) is 0 Å². The number of furan rings is 1. The summed E-state index contributed by atoms with van der Waals surface area (Å²) >= 11 is 0. The molecule has 2 unspecified atom stereocenters. The lowest BCUT2D eigenvalue weighted by atomic mass is 9.93. The minimum atomic E-state index is -3.26. The van der Waals surface area contributed by atoms with E-state index in [9.17, 15) is 18.0 Å². The highest BCUT2D eigenvalue weighted by Crippen LogP contribution is 2.28. The normalized spacial score (nSPS) is 22.3. The SMILES string of the molecule is CN(C(=O)c1cc(C(=O)O)co1)C1CCCCC1S(C)(=O)=O. The number of nitrogens with zero attached hydrogens (tertiary/aromatic N) is 1. The van der Waals surface area contributed by atoms with Gasteiger partial charge >= 0.3 is 5.97 Å². The number of aromatic carboxylic acids is 1. The standard InChI is InChI=1S/C14H19NO6S/c1-15(10-5-3-4-6-12(10)22(2,19)20)13(16)11-7-9(8-21-11)14(17)18/h7-8,10,12H,3-6H2,1-2H3,(H,17,18). The average molecular weight is 329 g/mol. The molecule has 1 amide bonds. The molecule has 1 heterocycles. The summed E-state index contributed by atoms with van der Waals surface area (Å²) in [6.45, 7) is 0. The first-order chi connectivity index (χ1) is 10.2. The third kappa shape index (κ3) is 3.32. The molecular formula is C14H19NO6S. The Balaban J connectivity index is 2.22. The van der Waals surface area contributed by atoms with Crippen molar-refractivity contribution in [2.45, 2.75) is 37.0 Å². The number of carboxylic acids is 1. The van der Waals surface area contributed by atoms with E-state index in [-0.39, 0.29) is 11.3 Å². The number of hydrogen-bond acceptors (Lipinski definition) is 5. The van der Waals surface area contributed by atoms with E-state index in [0.29, 0.717) is 12.8 Å². The minimum absolute atomic E-state index is 0.0993. The van der Waals surface area contributed by atoms with Gasteiger partial charge in [-0.15, -0.1) is 0 Å². The van der Waals surface area contributed by atoms with Gasteiger partial charge in [0.15, 0.2) is 15.6 Å². The number of rotatable bonds is 4. The van der Waals surface area contributed by atoms with Gasteiger partial charge in [-0.2, -0.15) is 0 Å². The van der Waals surface area contributed by atoms with E-state index < -0.39 is 33.0 Å². The molecule has 1 aliphatic rings. The lowest BCUT2D eigenvalue weighted by Crippen LogP contribution is -2.49. The number of sulfone groups is 1. The van der Waals surface area contributed by atoms with E-state index in [1.54, 1.807) is 0 Å². The maximum absolute atomic E-state index is 12.4. The van der Waals surface area contributed by atoms with E-state index in [1.807, 2.05) is 0 Å². The Labute approximate surface area is 128 Å². The predicted octanol–water partition coefficient (Wildman–Crippen LogP) is 1.41. The number of carbonyl (C=O) groups excluding carboxylic acids is 1. The Morgan fingerprint density at radius 3 is 2.50 bits per heavy atom. The fraction of sp³-hybridized carbons (Fsp3) is 0.571. The van der Waals surface area contributed by atoms with Crippen molar-refractivity contribution in [1.82, 2.24) is 4.90 Å². The smallest absolute Gasteiger partial charge is 0.338 e. The number of amides is 1. The summed E-state index contributed by atoms with van der Waals surface area (Å²) in [5.41, 5.74) is -0.111. The Bertz CT molecular complexity index is 677. The molecule has 1 saturated carbocycles. The molecule has 2 rings (SSSR count). The summed E-state index contributed by atoms with van der Waals surface area (Å²) in [6, 6.07) is 0.731. The summed E-state index contributed by atoms with van der Waals surface area (Å²) < 4.78 is 28.8. The third-order valence-corrected chi connectivity index (χ3v) is 5.74. The summed E-state index contributed by atoms with van der Waals surface area (Å²) in [5, 5.41) is 8.26. The van der Waals surface area contributed by atoms with Gasteiger partial charge in [-0.1, -0.05) is 12.8 Å². The van der Waals surface area contributed by atoms with Crippen LogP contribution in [-0.2, 0) is 9.84 Å². The fourth-order valence-electron chi connectivity index (χ4n) is 2.90. The average Bonchev–Trinajstić information content (AvgIpc) is 2.95. The Kier molecular flexibility index (Phi) is 4.60. The van der Waals surface area contributed by atoms with Gasteiger partial charge in [0.2, 0.25) is 0 Å². The predicted molar refractivity (Wildman–Crippen MR) is 78.6 cm³/mol. The van der Waals surface area contributed by atoms with Crippen molar-refractivity contribution in [3.8, 4) is 0 Å². The molecule has 0 radical (unpaired) electrons. The zero-order chi connectivity index (χ0) is 16.5. The number of carboxylic acid groups (broad SMARTS) is 1. The molecule has 0 aromatic carbocycles. The van der Waals surface area contributed by atoms with Crippen LogP contribution in [0.1, 0.15) is 46.6 Å². The van der Waals surface area contributed by atoms with Gasteiger partial charge in [0.25, 0.3) is 5.91 Å². The van der Waals surface area contributed by atoms with Crippen LogP contribution in [0.2, 0.25) is 0 Å². The molecule has 1 fully saturated rings. The van der Waals surface area contributed by atoms with E-state index >= 15 is 0 Å². The highest BCUT2D eigenvalue weighted by atomic mass is 32.2. The van der Waals surface area contributed by atoms with E-state index in [0.717, 1.165) is 25.2 Å². The van der Waals surface area contributed by atoms with E-state index in [2.05, 4.69) is 0 Å². The first-order valence-electron chi connectivity index (χ1n) is 6.99. The van der Waals surface area contributed by atoms with Gasteiger partial charge in [-0.25, -0.2) is 13.2 Å². The van der Waals surface area contributed by atoms with E-state index in [4.69, 9.17) is 9.52 Å². The second-order valence-corrected chi connectivity index (χ2v) is 7.91. The van der Waals surface area contributed by atoms with Gasteiger partial charge in [-0.05, 0) is 12.8 Å². The molecule has 0 spiro atoms. The third-order valence-electron chi connectivity index (χ3n) is 4.09. The van der Waals surface area contributed by atoms with Gasteiger partial charge in [0, 0.05) is 25.4 Å². The summed E-state index contributed by atoms with van der Waals surface area (Å²) in [7, 11) is -1.74. The van der Waals surface area contributed by atoms with E-state index in [1.165, 1.54) is 18.2 Å². The maximum atomic E-state index is 12.4. The van der Waals surface area contributed by atoms with Crippen LogP contribution in [-0.4, -0.2) is 54.9 Å². The second-order valence-electron chi connectivity index (χ2n) is 5.64. The molecule has 22 heavy (non-hydrogen) atoms. The van der Waals surface area contributed by atoms with Crippen LogP contribution in [0.5, 0.6) is 0 Å². The summed E-state index contributed by atoms with van der Waals surface area (Å²) in [6.07, 6.45) is 4.99. The Morgan fingerprint density at radius 2 is 1.95 bits per heavy atom. The summed E-state index contributed by atoms with van der Waals surface area (Å²) in [4.78, 5) is 24.6. The van der Waals surface area contributed by atoms with Crippen molar-refractivity contribution >= 4 is 21.7 Å².